The van der Waals surface area contributed by atoms with E-state index in [4.69, 9.17) is 4.74 Å². The first-order chi connectivity index (χ1) is 19.0. The Morgan fingerprint density at radius 1 is 0.615 bits per heavy atom. The van der Waals surface area contributed by atoms with Gasteiger partial charge in [0.2, 0.25) is 0 Å². The summed E-state index contributed by atoms with van der Waals surface area (Å²) in [5, 5.41) is 9.61. The molecule has 2 amide bonds. The molecule has 6 aromatic rings. The van der Waals surface area contributed by atoms with E-state index < -0.39 is 12.0 Å². The Morgan fingerprint density at radius 2 is 1.21 bits per heavy atom. The lowest BCUT2D eigenvalue weighted by molar-refractivity contribution is 0.0600. The number of esters is 1. The van der Waals surface area contributed by atoms with E-state index in [1.807, 2.05) is 78.9 Å². The number of carbonyl (C=O) groups is 3. The smallest absolute Gasteiger partial charge is 0.337 e. The summed E-state index contributed by atoms with van der Waals surface area (Å²) in [7, 11) is 1.28. The number of hydrogen-bond acceptors (Lipinski definition) is 4. The van der Waals surface area contributed by atoms with Gasteiger partial charge in [0, 0.05) is 27.7 Å². The van der Waals surface area contributed by atoms with Crippen LogP contribution in [0.25, 0.3) is 32.6 Å². The van der Waals surface area contributed by atoms with Crippen molar-refractivity contribution >= 4 is 61.9 Å². The van der Waals surface area contributed by atoms with Crippen molar-refractivity contribution in [2.24, 2.45) is 0 Å². The minimum Gasteiger partial charge on any atom is -0.465 e. The molecule has 2 N–H and O–H groups in total. The van der Waals surface area contributed by atoms with Crippen LogP contribution in [-0.2, 0) is 4.74 Å². The first kappa shape index (κ1) is 23.9. The molecule has 6 rings (SSSR count). The topological polar surface area (TPSA) is 89.4 Å². The number of hydrogen-bond donors (Lipinski definition) is 2. The molecule has 1 heterocycles. The van der Waals surface area contributed by atoms with Gasteiger partial charge in [0.15, 0.2) is 0 Å². The van der Waals surface area contributed by atoms with Crippen LogP contribution in [0.1, 0.15) is 20.7 Å². The van der Waals surface area contributed by atoms with Gasteiger partial charge >= 0.3 is 12.0 Å². The van der Waals surface area contributed by atoms with Crippen LogP contribution in [0.4, 0.5) is 16.2 Å². The number of ether oxygens (including phenoxy) is 1. The Morgan fingerprint density at radius 3 is 1.87 bits per heavy atom. The van der Waals surface area contributed by atoms with Gasteiger partial charge in [-0.25, -0.2) is 9.59 Å². The van der Waals surface area contributed by atoms with Gasteiger partial charge in [-0.15, -0.1) is 0 Å². The highest BCUT2D eigenvalue weighted by Gasteiger charge is 2.18. The molecule has 5 aromatic carbocycles. The Labute approximate surface area is 223 Å². The summed E-state index contributed by atoms with van der Waals surface area (Å²) in [4.78, 5) is 39.1. The number of nitrogens with one attached hydrogen (secondary N) is 2. The van der Waals surface area contributed by atoms with E-state index in [1.165, 1.54) is 19.2 Å². The van der Waals surface area contributed by atoms with E-state index >= 15 is 0 Å². The maximum atomic E-state index is 13.6. The van der Waals surface area contributed by atoms with Gasteiger partial charge in [-0.3, -0.25) is 9.36 Å². The fourth-order valence-corrected chi connectivity index (χ4v) is 4.86. The van der Waals surface area contributed by atoms with Gasteiger partial charge < -0.3 is 15.4 Å². The molecule has 1 aromatic heterocycles. The van der Waals surface area contributed by atoms with E-state index in [9.17, 15) is 14.4 Å². The number of nitrogens with zero attached hydrogens (tertiary/aromatic N) is 1. The number of carbonyl (C=O) groups excluding carboxylic acids is 3. The second-order valence-electron chi connectivity index (χ2n) is 9.11. The average molecular weight is 514 g/mol. The maximum absolute atomic E-state index is 13.6. The monoisotopic (exact) mass is 513 g/mol. The lowest BCUT2D eigenvalue weighted by Crippen LogP contribution is -2.20. The molecular weight excluding hydrogens is 490 g/mol. The normalized spacial score (nSPS) is 11.0. The molecule has 0 aliphatic heterocycles. The van der Waals surface area contributed by atoms with Crippen LogP contribution in [0.5, 0.6) is 0 Å². The van der Waals surface area contributed by atoms with Crippen molar-refractivity contribution < 1.29 is 19.1 Å². The quantitative estimate of drug-likeness (QED) is 0.247. The van der Waals surface area contributed by atoms with Crippen molar-refractivity contribution in [1.29, 1.82) is 0 Å². The highest BCUT2D eigenvalue weighted by atomic mass is 16.5. The summed E-state index contributed by atoms with van der Waals surface area (Å²) in [6.07, 6.45) is 0. The van der Waals surface area contributed by atoms with Crippen molar-refractivity contribution in [3.8, 4) is 0 Å². The third-order valence-corrected chi connectivity index (χ3v) is 6.66. The van der Waals surface area contributed by atoms with Crippen LogP contribution in [0.15, 0.2) is 109 Å². The largest absolute Gasteiger partial charge is 0.465 e. The Hall–Kier alpha value is -5.43. The van der Waals surface area contributed by atoms with Crippen molar-refractivity contribution in [3.63, 3.8) is 0 Å². The highest BCUT2D eigenvalue weighted by Crippen LogP contribution is 2.29. The van der Waals surface area contributed by atoms with Gasteiger partial charge in [0.25, 0.3) is 5.91 Å². The molecule has 7 heteroatoms. The van der Waals surface area contributed by atoms with Crippen LogP contribution in [-0.4, -0.2) is 29.6 Å². The van der Waals surface area contributed by atoms with Crippen LogP contribution >= 0.6 is 0 Å². The lowest BCUT2D eigenvalue weighted by Gasteiger charge is -2.13. The number of benzene rings is 5. The van der Waals surface area contributed by atoms with E-state index in [2.05, 4.69) is 10.6 Å². The van der Waals surface area contributed by atoms with Gasteiger partial charge in [0.1, 0.15) is 0 Å². The number of rotatable bonds is 4. The standard InChI is InChI=1S/C32H23N3O4/c1-39-31(37)23-17-24(33-30(36)22-15-14-20-8-2-3-9-21(20)16-22)19-25(18-23)34-32(38)35-28-12-6-4-10-26(28)27-11-5-7-13-29(27)35/h2-19H,1H3,(H,33,36)(H,34,38). The number of para-hydroxylation sites is 2. The Kier molecular flexibility index (Phi) is 6.01. The number of anilines is 2. The van der Waals surface area contributed by atoms with Crippen LogP contribution in [0, 0.1) is 0 Å². The fraction of sp³-hybridized carbons (Fsp3) is 0.0312. The molecule has 190 valence electrons. The molecule has 0 fully saturated rings. The third kappa shape index (κ3) is 4.46. The molecule has 0 unspecified atom stereocenters. The summed E-state index contributed by atoms with van der Waals surface area (Å²) < 4.78 is 6.51. The van der Waals surface area contributed by atoms with Crippen LogP contribution in [0.2, 0.25) is 0 Å². The molecule has 39 heavy (non-hydrogen) atoms. The van der Waals surface area contributed by atoms with Crippen molar-refractivity contribution in [2.75, 3.05) is 17.7 Å². The zero-order chi connectivity index (χ0) is 26.9. The minimum absolute atomic E-state index is 0.186. The third-order valence-electron chi connectivity index (χ3n) is 6.66. The highest BCUT2D eigenvalue weighted by molar-refractivity contribution is 6.15. The Balaban J connectivity index is 1.35. The Bertz CT molecular complexity index is 1870. The first-order valence-corrected chi connectivity index (χ1v) is 12.3. The predicted octanol–water partition coefficient (Wildman–Crippen LogP) is 7.07. The van der Waals surface area contributed by atoms with E-state index in [1.54, 1.807) is 22.8 Å². The fourth-order valence-electron chi connectivity index (χ4n) is 4.86. The number of amides is 2. The summed E-state index contributed by atoms with van der Waals surface area (Å²) in [6.45, 7) is 0. The maximum Gasteiger partial charge on any atom is 0.337 e. The second-order valence-corrected chi connectivity index (χ2v) is 9.11. The zero-order valence-electron chi connectivity index (χ0n) is 21.0. The number of methoxy groups -OCH3 is 1. The zero-order valence-corrected chi connectivity index (χ0v) is 21.0. The van der Waals surface area contributed by atoms with Crippen molar-refractivity contribution in [1.82, 2.24) is 4.57 Å². The van der Waals surface area contributed by atoms with Gasteiger partial charge in [-0.05, 0) is 53.2 Å². The van der Waals surface area contributed by atoms with Gasteiger partial charge in [-0.1, -0.05) is 66.7 Å². The molecule has 0 saturated carbocycles. The number of fused-ring (bicyclic) bond motifs is 4. The molecular formula is C32H23N3O4. The van der Waals surface area contributed by atoms with Crippen molar-refractivity contribution in [2.45, 2.75) is 0 Å². The second kappa shape index (κ2) is 9.79. The SMILES string of the molecule is COC(=O)c1cc(NC(=O)c2ccc3ccccc3c2)cc(NC(=O)n2c3ccccc3c3ccccc32)c1. The molecule has 0 saturated heterocycles. The summed E-state index contributed by atoms with van der Waals surface area (Å²) in [6, 6.07) is 32.8. The summed E-state index contributed by atoms with van der Waals surface area (Å²) in [5.41, 5.74) is 2.84. The van der Waals surface area contributed by atoms with Gasteiger partial charge in [-0.2, -0.15) is 0 Å². The molecule has 0 atom stereocenters. The van der Waals surface area contributed by atoms with E-state index in [0.29, 0.717) is 16.9 Å². The molecule has 0 spiro atoms. The minimum atomic E-state index is -0.593. The number of aromatic nitrogens is 1. The summed E-state index contributed by atoms with van der Waals surface area (Å²) in [5.74, 6) is -0.938. The molecule has 0 aliphatic carbocycles. The van der Waals surface area contributed by atoms with E-state index in [-0.39, 0.29) is 11.5 Å². The molecule has 7 nitrogen and oxygen atoms in total. The van der Waals surface area contributed by atoms with Crippen molar-refractivity contribution in [3.05, 3.63) is 120 Å². The predicted molar refractivity (Wildman–Crippen MR) is 154 cm³/mol. The van der Waals surface area contributed by atoms with Crippen LogP contribution < -0.4 is 10.6 Å². The lowest BCUT2D eigenvalue weighted by atomic mass is 10.1. The van der Waals surface area contributed by atoms with Gasteiger partial charge in [0.05, 0.1) is 23.7 Å². The summed E-state index contributed by atoms with van der Waals surface area (Å²) >= 11 is 0. The molecule has 0 bridgehead atoms. The van der Waals surface area contributed by atoms with Crippen LogP contribution in [0.3, 0.4) is 0 Å². The molecule has 0 radical (unpaired) electrons. The van der Waals surface area contributed by atoms with E-state index in [0.717, 1.165) is 32.6 Å². The first-order valence-electron chi connectivity index (χ1n) is 12.3. The average Bonchev–Trinajstić information content (AvgIpc) is 3.31. The molecule has 0 aliphatic rings.